The Bertz CT molecular complexity index is 1840. The van der Waals surface area contributed by atoms with Crippen LogP contribution in [0.1, 0.15) is 86.0 Å². The van der Waals surface area contributed by atoms with E-state index >= 15 is 0 Å². The number of piperidine rings is 1. The number of fused-ring (bicyclic) bond motifs is 1. The molecule has 11 nitrogen and oxygen atoms in total. The van der Waals surface area contributed by atoms with E-state index in [4.69, 9.17) is 21.3 Å². The van der Waals surface area contributed by atoms with Crippen molar-refractivity contribution in [3.63, 3.8) is 0 Å². The van der Waals surface area contributed by atoms with Crippen molar-refractivity contribution in [2.75, 3.05) is 39.0 Å². The summed E-state index contributed by atoms with van der Waals surface area (Å²) in [6, 6.07) is 10.8. The van der Waals surface area contributed by atoms with Gasteiger partial charge in [-0.3, -0.25) is 9.59 Å². The fourth-order valence-electron chi connectivity index (χ4n) is 7.27. The Hall–Kier alpha value is -3.74. The zero-order chi connectivity index (χ0) is 35.6. The molecular weight excluding hydrogens is 676 g/mol. The van der Waals surface area contributed by atoms with Crippen LogP contribution in [0.25, 0.3) is 0 Å². The van der Waals surface area contributed by atoms with Crippen LogP contribution in [0.4, 0.5) is 11.6 Å². The number of carbonyl (C=O) groups is 2. The Kier molecular flexibility index (Phi) is 11.0. The number of ether oxygens (including phenoxy) is 1. The molecule has 6 rings (SSSR count). The summed E-state index contributed by atoms with van der Waals surface area (Å²) >= 11 is 6.60. The average Bonchev–Trinajstić information content (AvgIpc) is 3.41. The lowest BCUT2D eigenvalue weighted by Gasteiger charge is -2.37. The second kappa shape index (κ2) is 15.2. The first-order valence-corrected chi connectivity index (χ1v) is 19.5. The quantitative estimate of drug-likeness (QED) is 0.259. The molecule has 2 aliphatic heterocycles. The second-order valence-corrected chi connectivity index (χ2v) is 16.8. The molecule has 2 fully saturated rings. The third-order valence-corrected chi connectivity index (χ3v) is 12.5. The van der Waals surface area contributed by atoms with Gasteiger partial charge in [0.15, 0.2) is 9.84 Å². The van der Waals surface area contributed by atoms with Crippen LogP contribution in [-0.4, -0.2) is 96.0 Å². The van der Waals surface area contributed by atoms with Gasteiger partial charge in [0.25, 0.3) is 5.91 Å². The highest BCUT2D eigenvalue weighted by atomic mass is 35.5. The third kappa shape index (κ3) is 7.92. The molecule has 1 saturated carbocycles. The second-order valence-electron chi connectivity index (χ2n) is 14.2. The van der Waals surface area contributed by atoms with Gasteiger partial charge < -0.3 is 24.8 Å². The molecule has 1 aliphatic carbocycles. The lowest BCUT2D eigenvalue weighted by Crippen LogP contribution is -2.48. The van der Waals surface area contributed by atoms with Gasteiger partial charge in [0.05, 0.1) is 45.4 Å². The summed E-state index contributed by atoms with van der Waals surface area (Å²) in [6.07, 6.45) is 7.32. The number of hydrogen-bond acceptors (Lipinski definition) is 9. The number of rotatable bonds is 11. The SMILES string of the molecule is CC(C)Oc1cc2c(cc1Nc1ncc(Cl)c(Cc3ccccc3S(=O)(=O)C3CCCCC3)n1)C(=O)N(C1CCN(C(=O)CN(C)C)CC1)C2. The van der Waals surface area contributed by atoms with Gasteiger partial charge in [-0.1, -0.05) is 49.1 Å². The molecule has 0 unspecified atom stereocenters. The zero-order valence-electron chi connectivity index (χ0n) is 29.3. The minimum absolute atomic E-state index is 0.0381. The average molecular weight is 723 g/mol. The van der Waals surface area contributed by atoms with E-state index in [0.29, 0.717) is 77.2 Å². The Morgan fingerprint density at radius 3 is 2.50 bits per heavy atom. The summed E-state index contributed by atoms with van der Waals surface area (Å²) in [7, 11) is 0.260. The van der Waals surface area contributed by atoms with Crippen LogP contribution in [0.5, 0.6) is 5.75 Å². The summed E-state index contributed by atoms with van der Waals surface area (Å²) in [5.41, 5.74) is 3.15. The fraction of sp³-hybridized carbons (Fsp3) is 0.514. The van der Waals surface area contributed by atoms with Crippen molar-refractivity contribution >= 4 is 44.9 Å². The van der Waals surface area contributed by atoms with Crippen LogP contribution < -0.4 is 10.1 Å². The van der Waals surface area contributed by atoms with Crippen molar-refractivity contribution in [1.82, 2.24) is 24.7 Å². The number of likely N-dealkylation sites (N-methyl/N-ethyl adjacent to an activating group) is 1. The van der Waals surface area contributed by atoms with Gasteiger partial charge in [0, 0.05) is 37.7 Å². The van der Waals surface area contributed by atoms with Gasteiger partial charge in [-0.05, 0) is 83.0 Å². The number of likely N-dealkylation sites (tertiary alicyclic amines) is 1. The van der Waals surface area contributed by atoms with Crippen LogP contribution in [0.15, 0.2) is 47.5 Å². The molecule has 2 aromatic carbocycles. The number of aromatic nitrogens is 2. The topological polar surface area (TPSA) is 125 Å². The van der Waals surface area contributed by atoms with Gasteiger partial charge in [-0.2, -0.15) is 0 Å². The van der Waals surface area contributed by atoms with Gasteiger partial charge in [-0.25, -0.2) is 18.4 Å². The van der Waals surface area contributed by atoms with Crippen LogP contribution in [-0.2, 0) is 27.6 Å². The molecule has 1 N–H and O–H groups in total. The Morgan fingerprint density at radius 2 is 1.80 bits per heavy atom. The maximum atomic E-state index is 13.8. The predicted octanol–water partition coefficient (Wildman–Crippen LogP) is 5.87. The first-order valence-electron chi connectivity index (χ1n) is 17.6. The van der Waals surface area contributed by atoms with Crippen molar-refractivity contribution in [1.29, 1.82) is 0 Å². The molecule has 13 heteroatoms. The standard InChI is InChI=1S/C37H47ClN6O5S/c1-24(2)49-33-19-26-22-44(27-14-16-43(17-15-27)35(45)23-42(3)4)36(46)29(26)20-32(33)41-37-39-21-30(38)31(40-37)18-25-10-8-9-13-34(25)50(47,48)28-11-6-5-7-12-28/h8-10,13,19-21,24,27-28H,5-7,11-12,14-18,22-23H2,1-4H3,(H,39,40,41). The van der Waals surface area contributed by atoms with Gasteiger partial charge in [0.1, 0.15) is 5.75 Å². The Labute approximate surface area is 300 Å². The molecule has 3 aromatic rings. The van der Waals surface area contributed by atoms with E-state index in [0.717, 1.165) is 37.7 Å². The summed E-state index contributed by atoms with van der Waals surface area (Å²) in [5, 5.41) is 3.21. The Balaban J connectivity index is 1.22. The zero-order valence-corrected chi connectivity index (χ0v) is 30.9. The minimum Gasteiger partial charge on any atom is -0.489 e. The summed E-state index contributed by atoms with van der Waals surface area (Å²) in [5.74, 6) is 0.881. The van der Waals surface area contributed by atoms with Crippen LogP contribution in [0.3, 0.4) is 0 Å². The molecule has 0 atom stereocenters. The van der Waals surface area contributed by atoms with E-state index in [2.05, 4.69) is 10.3 Å². The maximum Gasteiger partial charge on any atom is 0.254 e. The molecular formula is C37H47ClN6O5S. The smallest absolute Gasteiger partial charge is 0.254 e. The number of nitrogens with one attached hydrogen (secondary N) is 1. The fourth-order valence-corrected chi connectivity index (χ4v) is 9.52. The highest BCUT2D eigenvalue weighted by Crippen LogP contribution is 2.38. The summed E-state index contributed by atoms with van der Waals surface area (Å²) < 4.78 is 33.6. The van der Waals surface area contributed by atoms with Crippen LogP contribution >= 0.6 is 11.6 Å². The van der Waals surface area contributed by atoms with Gasteiger partial charge in [0.2, 0.25) is 11.9 Å². The molecule has 0 radical (unpaired) electrons. The molecule has 3 aliphatic rings. The lowest BCUT2D eigenvalue weighted by atomic mass is 10.0. The van der Waals surface area contributed by atoms with Crippen LogP contribution in [0, 0.1) is 0 Å². The number of sulfone groups is 1. The predicted molar refractivity (Wildman–Crippen MR) is 194 cm³/mol. The van der Waals surface area contributed by atoms with Gasteiger partial charge in [-0.15, -0.1) is 0 Å². The maximum absolute atomic E-state index is 13.8. The number of nitrogens with zero attached hydrogens (tertiary/aromatic N) is 5. The summed E-state index contributed by atoms with van der Waals surface area (Å²) in [4.78, 5) is 41.5. The number of carbonyl (C=O) groups excluding carboxylic acids is 2. The molecule has 1 aromatic heterocycles. The number of anilines is 2. The largest absolute Gasteiger partial charge is 0.489 e. The first kappa shape index (κ1) is 36.1. The molecule has 0 spiro atoms. The molecule has 50 heavy (non-hydrogen) atoms. The third-order valence-electron chi connectivity index (χ3n) is 9.80. The van der Waals surface area contributed by atoms with E-state index in [1.54, 1.807) is 18.2 Å². The number of hydrogen-bond donors (Lipinski definition) is 1. The highest BCUT2D eigenvalue weighted by Gasteiger charge is 2.36. The van der Waals surface area contributed by atoms with Crippen molar-refractivity contribution in [2.24, 2.45) is 0 Å². The van der Waals surface area contributed by atoms with Gasteiger partial charge >= 0.3 is 0 Å². The lowest BCUT2D eigenvalue weighted by molar-refractivity contribution is -0.133. The van der Waals surface area contributed by atoms with Crippen LogP contribution in [0.2, 0.25) is 5.02 Å². The van der Waals surface area contributed by atoms with Crippen molar-refractivity contribution < 1.29 is 22.7 Å². The molecule has 0 bridgehead atoms. The molecule has 2 amide bonds. The normalized spacial score (nSPS) is 17.5. The molecule has 1 saturated heterocycles. The Morgan fingerprint density at radius 1 is 1.08 bits per heavy atom. The van der Waals surface area contributed by atoms with E-state index < -0.39 is 9.84 Å². The number of amides is 2. The molecule has 3 heterocycles. The first-order chi connectivity index (χ1) is 23.9. The van der Waals surface area contributed by atoms with Crippen molar-refractivity contribution in [2.45, 2.75) is 94.1 Å². The van der Waals surface area contributed by atoms with E-state index in [9.17, 15) is 18.0 Å². The van der Waals surface area contributed by atoms with E-state index in [1.807, 2.05) is 60.8 Å². The summed E-state index contributed by atoms with van der Waals surface area (Å²) in [6.45, 7) is 5.98. The van der Waals surface area contributed by atoms with Crippen molar-refractivity contribution in [3.8, 4) is 5.75 Å². The van der Waals surface area contributed by atoms with Crippen molar-refractivity contribution in [3.05, 3.63) is 70.0 Å². The highest BCUT2D eigenvalue weighted by molar-refractivity contribution is 7.92. The number of halogens is 1. The molecule has 268 valence electrons. The minimum atomic E-state index is -3.51. The van der Waals surface area contributed by atoms with E-state index in [1.165, 1.54) is 6.20 Å². The number of benzene rings is 2. The monoisotopic (exact) mass is 722 g/mol. The van der Waals surface area contributed by atoms with E-state index in [-0.39, 0.29) is 41.6 Å².